The molecule has 3 heteroatoms. The van der Waals surface area contributed by atoms with Gasteiger partial charge in [0.05, 0.1) is 11.4 Å². The standard InChI is InChI=1S/C13H18N2O/c1-3-12-11(8-9(2)14-15-12)13(16)10-6-4-5-7-10/h8,10H,3-7H2,1-2H3. The van der Waals surface area contributed by atoms with Crippen LogP contribution in [0.3, 0.4) is 0 Å². The van der Waals surface area contributed by atoms with Gasteiger partial charge in [0.25, 0.3) is 0 Å². The molecule has 86 valence electrons. The molecule has 1 fully saturated rings. The van der Waals surface area contributed by atoms with Gasteiger partial charge in [0, 0.05) is 11.5 Å². The third-order valence-electron chi connectivity index (χ3n) is 3.32. The lowest BCUT2D eigenvalue weighted by Gasteiger charge is -2.10. The van der Waals surface area contributed by atoms with Gasteiger partial charge in [-0.3, -0.25) is 4.79 Å². The highest BCUT2D eigenvalue weighted by molar-refractivity contribution is 5.99. The third-order valence-corrected chi connectivity index (χ3v) is 3.32. The molecule has 0 atom stereocenters. The van der Waals surface area contributed by atoms with Crippen molar-refractivity contribution >= 4 is 5.78 Å². The number of carbonyl (C=O) groups is 1. The normalized spacial score (nSPS) is 16.6. The average molecular weight is 218 g/mol. The number of hydrogen-bond acceptors (Lipinski definition) is 3. The van der Waals surface area contributed by atoms with Gasteiger partial charge >= 0.3 is 0 Å². The van der Waals surface area contributed by atoms with Gasteiger partial charge in [-0.15, -0.1) is 0 Å². The lowest BCUT2D eigenvalue weighted by molar-refractivity contribution is 0.0921. The van der Waals surface area contributed by atoms with Gasteiger partial charge in [0.15, 0.2) is 5.78 Å². The van der Waals surface area contributed by atoms with E-state index in [0.29, 0.717) is 0 Å². The van der Waals surface area contributed by atoms with Crippen molar-refractivity contribution in [2.45, 2.75) is 46.0 Å². The molecule has 1 aliphatic rings. The van der Waals surface area contributed by atoms with Crippen molar-refractivity contribution in [3.63, 3.8) is 0 Å². The minimum Gasteiger partial charge on any atom is -0.294 e. The number of carbonyl (C=O) groups excluding carboxylic acids is 1. The fourth-order valence-electron chi connectivity index (χ4n) is 2.40. The molecule has 1 aromatic heterocycles. The summed E-state index contributed by atoms with van der Waals surface area (Å²) in [4.78, 5) is 12.3. The van der Waals surface area contributed by atoms with Gasteiger partial charge < -0.3 is 0 Å². The Morgan fingerprint density at radius 2 is 2.06 bits per heavy atom. The van der Waals surface area contributed by atoms with Crippen LogP contribution >= 0.6 is 0 Å². The summed E-state index contributed by atoms with van der Waals surface area (Å²) in [6.07, 6.45) is 5.25. The van der Waals surface area contributed by atoms with E-state index < -0.39 is 0 Å². The first-order valence-electron chi connectivity index (χ1n) is 6.09. The molecular weight excluding hydrogens is 200 g/mol. The summed E-state index contributed by atoms with van der Waals surface area (Å²) in [5.41, 5.74) is 2.49. The van der Waals surface area contributed by atoms with Gasteiger partial charge in [0.1, 0.15) is 0 Å². The van der Waals surface area contributed by atoms with Crippen LogP contribution < -0.4 is 0 Å². The Morgan fingerprint density at radius 1 is 1.38 bits per heavy atom. The maximum Gasteiger partial charge on any atom is 0.167 e. The molecule has 0 aromatic carbocycles. The number of nitrogens with zero attached hydrogens (tertiary/aromatic N) is 2. The van der Waals surface area contributed by atoms with E-state index in [9.17, 15) is 4.79 Å². The van der Waals surface area contributed by atoms with Crippen molar-refractivity contribution < 1.29 is 4.79 Å². The molecule has 0 aliphatic heterocycles. The van der Waals surface area contributed by atoms with Crippen LogP contribution in [0.4, 0.5) is 0 Å². The van der Waals surface area contributed by atoms with Crippen LogP contribution in [0.25, 0.3) is 0 Å². The number of aryl methyl sites for hydroxylation is 2. The van der Waals surface area contributed by atoms with E-state index in [4.69, 9.17) is 0 Å². The maximum atomic E-state index is 12.3. The molecule has 16 heavy (non-hydrogen) atoms. The Hall–Kier alpha value is -1.25. The highest BCUT2D eigenvalue weighted by atomic mass is 16.1. The first kappa shape index (κ1) is 11.2. The van der Waals surface area contributed by atoms with Crippen molar-refractivity contribution in [3.05, 3.63) is 23.0 Å². The van der Waals surface area contributed by atoms with E-state index in [1.54, 1.807) is 0 Å². The molecular formula is C13H18N2O. The van der Waals surface area contributed by atoms with E-state index in [-0.39, 0.29) is 11.7 Å². The molecule has 0 unspecified atom stereocenters. The number of aromatic nitrogens is 2. The van der Waals surface area contributed by atoms with Crippen molar-refractivity contribution in [1.29, 1.82) is 0 Å². The molecule has 1 aromatic rings. The Kier molecular flexibility index (Phi) is 3.32. The number of hydrogen-bond donors (Lipinski definition) is 0. The second kappa shape index (κ2) is 4.73. The molecule has 0 N–H and O–H groups in total. The predicted octanol–water partition coefficient (Wildman–Crippen LogP) is 2.72. The van der Waals surface area contributed by atoms with Crippen LogP contribution in [0.15, 0.2) is 6.07 Å². The molecule has 0 radical (unpaired) electrons. The minimum atomic E-state index is 0.230. The fraction of sp³-hybridized carbons (Fsp3) is 0.615. The molecule has 2 rings (SSSR count). The van der Waals surface area contributed by atoms with Crippen LogP contribution in [-0.2, 0) is 6.42 Å². The molecule has 3 nitrogen and oxygen atoms in total. The summed E-state index contributed by atoms with van der Waals surface area (Å²) < 4.78 is 0. The first-order valence-corrected chi connectivity index (χ1v) is 6.09. The van der Waals surface area contributed by atoms with E-state index in [0.717, 1.165) is 36.2 Å². The summed E-state index contributed by atoms with van der Waals surface area (Å²) in [5, 5.41) is 8.14. The van der Waals surface area contributed by atoms with Gasteiger partial charge in [0.2, 0.25) is 0 Å². The largest absolute Gasteiger partial charge is 0.294 e. The zero-order valence-corrected chi connectivity index (χ0v) is 9.99. The topological polar surface area (TPSA) is 42.9 Å². The summed E-state index contributed by atoms with van der Waals surface area (Å²) in [6.45, 7) is 3.91. The van der Waals surface area contributed by atoms with Gasteiger partial charge in [-0.1, -0.05) is 19.8 Å². The summed E-state index contributed by atoms with van der Waals surface area (Å²) in [7, 11) is 0. The zero-order valence-electron chi connectivity index (χ0n) is 9.99. The molecule has 1 aliphatic carbocycles. The zero-order chi connectivity index (χ0) is 11.5. The van der Waals surface area contributed by atoms with Crippen LogP contribution in [0.5, 0.6) is 0 Å². The van der Waals surface area contributed by atoms with Gasteiger partial charge in [-0.25, -0.2) is 0 Å². The summed E-state index contributed by atoms with van der Waals surface area (Å²) in [6, 6.07) is 1.90. The van der Waals surface area contributed by atoms with Crippen LogP contribution in [0.2, 0.25) is 0 Å². The minimum absolute atomic E-state index is 0.230. The Bertz CT molecular complexity index is 395. The summed E-state index contributed by atoms with van der Waals surface area (Å²) >= 11 is 0. The lowest BCUT2D eigenvalue weighted by Crippen LogP contribution is -2.15. The number of ketones is 1. The van der Waals surface area contributed by atoms with Crippen molar-refractivity contribution in [2.75, 3.05) is 0 Å². The second-order valence-corrected chi connectivity index (χ2v) is 4.55. The molecule has 0 saturated heterocycles. The Labute approximate surface area is 96.3 Å². The van der Waals surface area contributed by atoms with Crippen molar-refractivity contribution in [3.8, 4) is 0 Å². The van der Waals surface area contributed by atoms with Crippen molar-refractivity contribution in [2.24, 2.45) is 5.92 Å². The smallest absolute Gasteiger partial charge is 0.167 e. The lowest BCUT2D eigenvalue weighted by atomic mass is 9.94. The average Bonchev–Trinajstić information content (AvgIpc) is 2.81. The molecule has 1 heterocycles. The second-order valence-electron chi connectivity index (χ2n) is 4.55. The molecule has 0 bridgehead atoms. The van der Waals surface area contributed by atoms with E-state index in [1.807, 2.05) is 19.9 Å². The van der Waals surface area contributed by atoms with Crippen LogP contribution in [0, 0.1) is 12.8 Å². The molecule has 0 amide bonds. The number of rotatable bonds is 3. The van der Waals surface area contributed by atoms with E-state index >= 15 is 0 Å². The van der Waals surface area contributed by atoms with Crippen LogP contribution in [-0.4, -0.2) is 16.0 Å². The van der Waals surface area contributed by atoms with Crippen molar-refractivity contribution in [1.82, 2.24) is 10.2 Å². The summed E-state index contributed by atoms with van der Waals surface area (Å²) in [5.74, 6) is 0.515. The number of Topliss-reactive ketones (excluding diaryl/α,β-unsaturated/α-hetero) is 1. The highest BCUT2D eigenvalue weighted by Gasteiger charge is 2.25. The quantitative estimate of drug-likeness (QED) is 0.733. The van der Waals surface area contributed by atoms with E-state index in [1.165, 1.54) is 12.8 Å². The fourth-order valence-corrected chi connectivity index (χ4v) is 2.40. The van der Waals surface area contributed by atoms with Gasteiger partial charge in [-0.2, -0.15) is 10.2 Å². The third kappa shape index (κ3) is 2.13. The molecule has 1 saturated carbocycles. The monoisotopic (exact) mass is 218 g/mol. The highest BCUT2D eigenvalue weighted by Crippen LogP contribution is 2.28. The van der Waals surface area contributed by atoms with E-state index in [2.05, 4.69) is 10.2 Å². The Balaban J connectivity index is 2.30. The Morgan fingerprint density at radius 3 is 2.69 bits per heavy atom. The maximum absolute atomic E-state index is 12.3. The SMILES string of the molecule is CCc1nnc(C)cc1C(=O)C1CCCC1. The van der Waals surface area contributed by atoms with Crippen LogP contribution in [0.1, 0.15) is 54.4 Å². The first-order chi connectivity index (χ1) is 7.72. The van der Waals surface area contributed by atoms with Gasteiger partial charge in [-0.05, 0) is 32.3 Å². The predicted molar refractivity (Wildman–Crippen MR) is 62.4 cm³/mol. The molecule has 0 spiro atoms.